The Balaban J connectivity index is 1.39. The molecule has 1 saturated carbocycles. The molecule has 4 rings (SSSR count). The van der Waals surface area contributed by atoms with E-state index in [1.807, 2.05) is 0 Å². The molecule has 29 heavy (non-hydrogen) atoms. The zero-order chi connectivity index (χ0) is 20.2. The van der Waals surface area contributed by atoms with E-state index >= 15 is 0 Å². The molecule has 2 heteroatoms. The number of ether oxygens (including phenoxy) is 1. The number of fused-ring (bicyclic) bond motifs is 1. The van der Waals surface area contributed by atoms with Crippen molar-refractivity contribution in [2.24, 2.45) is 11.8 Å². The lowest BCUT2D eigenvalue weighted by Crippen LogP contribution is -2.38. The van der Waals surface area contributed by atoms with E-state index in [0.717, 1.165) is 30.2 Å². The normalized spacial score (nSPS) is 26.1. The molecule has 1 saturated heterocycles. The first-order valence-electron chi connectivity index (χ1n) is 12.1. The fourth-order valence-electron chi connectivity index (χ4n) is 5.48. The first-order chi connectivity index (χ1) is 14.1. The number of hydrogen-bond acceptors (Lipinski definition) is 2. The Morgan fingerprint density at radius 1 is 0.931 bits per heavy atom. The number of rotatable bonds is 6. The molecule has 1 unspecified atom stereocenters. The lowest BCUT2D eigenvalue weighted by molar-refractivity contribution is 0.117. The van der Waals surface area contributed by atoms with Crippen molar-refractivity contribution in [2.45, 2.75) is 90.8 Å². The summed E-state index contributed by atoms with van der Waals surface area (Å²) in [6.07, 6.45) is 10.8. The van der Waals surface area contributed by atoms with Gasteiger partial charge >= 0.3 is 0 Å². The van der Waals surface area contributed by atoms with Crippen molar-refractivity contribution in [2.75, 3.05) is 6.54 Å². The number of piperidine rings is 1. The summed E-state index contributed by atoms with van der Waals surface area (Å²) in [5.74, 6) is 2.74. The number of hydrogen-bond donors (Lipinski definition) is 0. The highest BCUT2D eigenvalue weighted by molar-refractivity contribution is 5.84. The average Bonchev–Trinajstić information content (AvgIpc) is 2.74. The van der Waals surface area contributed by atoms with Crippen LogP contribution in [0.4, 0.5) is 0 Å². The van der Waals surface area contributed by atoms with Gasteiger partial charge in [0.25, 0.3) is 0 Å². The molecule has 1 aliphatic carbocycles. The van der Waals surface area contributed by atoms with Gasteiger partial charge in [-0.25, -0.2) is 0 Å². The van der Waals surface area contributed by atoms with Crippen molar-refractivity contribution in [3.05, 3.63) is 42.0 Å². The molecule has 0 aromatic heterocycles. The molecule has 0 N–H and O–H groups in total. The molecule has 0 spiro atoms. The zero-order valence-corrected chi connectivity index (χ0v) is 18.7. The van der Waals surface area contributed by atoms with Gasteiger partial charge in [-0.1, -0.05) is 45.4 Å². The summed E-state index contributed by atoms with van der Waals surface area (Å²) in [6.45, 7) is 9.39. The van der Waals surface area contributed by atoms with Crippen molar-refractivity contribution in [1.82, 2.24) is 4.90 Å². The van der Waals surface area contributed by atoms with Crippen LogP contribution >= 0.6 is 0 Å². The molecule has 158 valence electrons. The van der Waals surface area contributed by atoms with Crippen LogP contribution in [0.2, 0.25) is 0 Å². The van der Waals surface area contributed by atoms with Gasteiger partial charge in [0.2, 0.25) is 0 Å². The molecule has 0 radical (unpaired) electrons. The summed E-state index contributed by atoms with van der Waals surface area (Å²) in [5, 5.41) is 2.64. The quantitative estimate of drug-likeness (QED) is 0.514. The second kappa shape index (κ2) is 9.51. The van der Waals surface area contributed by atoms with Crippen LogP contribution in [0.15, 0.2) is 36.4 Å². The second-order valence-electron chi connectivity index (χ2n) is 9.77. The molecular formula is C27H39NO. The third-order valence-electron chi connectivity index (χ3n) is 7.45. The van der Waals surface area contributed by atoms with Gasteiger partial charge in [-0.05, 0) is 97.9 Å². The van der Waals surface area contributed by atoms with E-state index in [4.69, 9.17) is 4.74 Å². The summed E-state index contributed by atoms with van der Waals surface area (Å²) in [6, 6.07) is 14.4. The van der Waals surface area contributed by atoms with Gasteiger partial charge in [0.05, 0.1) is 6.10 Å². The molecule has 2 aromatic rings. The third kappa shape index (κ3) is 5.15. The molecule has 2 fully saturated rings. The van der Waals surface area contributed by atoms with Crippen LogP contribution < -0.4 is 4.74 Å². The minimum Gasteiger partial charge on any atom is -0.490 e. The maximum Gasteiger partial charge on any atom is 0.120 e. The van der Waals surface area contributed by atoms with Gasteiger partial charge in [-0.3, -0.25) is 4.90 Å². The number of benzene rings is 2. The van der Waals surface area contributed by atoms with Crippen LogP contribution in [0.3, 0.4) is 0 Å². The van der Waals surface area contributed by atoms with E-state index < -0.39 is 0 Å². The molecule has 1 atom stereocenters. The maximum absolute atomic E-state index is 6.36. The van der Waals surface area contributed by atoms with E-state index in [2.05, 4.69) is 62.1 Å². The van der Waals surface area contributed by atoms with Crippen molar-refractivity contribution >= 4 is 10.8 Å². The van der Waals surface area contributed by atoms with Gasteiger partial charge in [0.1, 0.15) is 5.75 Å². The van der Waals surface area contributed by atoms with Crippen LogP contribution in [-0.4, -0.2) is 23.6 Å². The summed E-state index contributed by atoms with van der Waals surface area (Å²) in [4.78, 5) is 2.69. The highest BCUT2D eigenvalue weighted by Gasteiger charge is 2.24. The highest BCUT2D eigenvalue weighted by atomic mass is 16.5. The Hall–Kier alpha value is -1.54. The summed E-state index contributed by atoms with van der Waals surface area (Å²) < 4.78 is 6.36. The first kappa shape index (κ1) is 20.7. The Morgan fingerprint density at radius 3 is 2.45 bits per heavy atom. The van der Waals surface area contributed by atoms with Crippen molar-refractivity contribution in [3.63, 3.8) is 0 Å². The number of likely N-dealkylation sites (tertiary alicyclic amines) is 1. The fourth-order valence-corrected chi connectivity index (χ4v) is 5.48. The smallest absolute Gasteiger partial charge is 0.120 e. The van der Waals surface area contributed by atoms with Crippen molar-refractivity contribution < 1.29 is 4.74 Å². The summed E-state index contributed by atoms with van der Waals surface area (Å²) >= 11 is 0. The van der Waals surface area contributed by atoms with E-state index in [1.165, 1.54) is 74.2 Å². The van der Waals surface area contributed by atoms with E-state index in [9.17, 15) is 0 Å². The first-order valence-corrected chi connectivity index (χ1v) is 12.1. The standard InChI is InChI=1S/C27H39NO/c1-4-25-7-5-6-16-28(25)19-21-8-9-24-18-27(15-12-23(24)17-21)29-26-13-10-22(11-14-26)20(2)3/h8-9,12,15,17-18,20,22,25-26H,4-7,10-11,13-14,16,19H2,1-3H3. The van der Waals surface area contributed by atoms with Gasteiger partial charge in [-0.15, -0.1) is 0 Å². The SMILES string of the molecule is CCC1CCCCN1Cc1ccc2cc(OC3CCC(C(C)C)CC3)ccc2c1. The highest BCUT2D eigenvalue weighted by Crippen LogP contribution is 2.33. The molecule has 0 bridgehead atoms. The minimum atomic E-state index is 0.395. The van der Waals surface area contributed by atoms with Crippen molar-refractivity contribution in [3.8, 4) is 5.75 Å². The van der Waals surface area contributed by atoms with Crippen molar-refractivity contribution in [1.29, 1.82) is 0 Å². The lowest BCUT2D eigenvalue weighted by atomic mass is 9.80. The Labute approximate surface area is 177 Å². The topological polar surface area (TPSA) is 12.5 Å². The van der Waals surface area contributed by atoms with Gasteiger partial charge < -0.3 is 4.74 Å². The third-order valence-corrected chi connectivity index (χ3v) is 7.45. The molecule has 2 aromatic carbocycles. The molecule has 2 nitrogen and oxygen atoms in total. The Morgan fingerprint density at radius 2 is 1.69 bits per heavy atom. The minimum absolute atomic E-state index is 0.395. The van der Waals surface area contributed by atoms with Crippen LogP contribution in [0.25, 0.3) is 10.8 Å². The molecule has 2 aliphatic rings. The summed E-state index contributed by atoms with van der Waals surface area (Å²) in [7, 11) is 0. The van der Waals surface area contributed by atoms with Crippen LogP contribution in [0.1, 0.15) is 77.7 Å². The van der Waals surface area contributed by atoms with Crippen LogP contribution in [-0.2, 0) is 6.54 Å². The fraction of sp³-hybridized carbons (Fsp3) is 0.630. The van der Waals surface area contributed by atoms with Crippen LogP contribution in [0.5, 0.6) is 5.75 Å². The Bertz CT molecular complexity index is 790. The predicted octanol–water partition coefficient (Wildman–Crippen LogP) is 7.20. The molecule has 0 amide bonds. The van der Waals surface area contributed by atoms with E-state index in [-0.39, 0.29) is 0 Å². The maximum atomic E-state index is 6.36. The molecule has 1 aliphatic heterocycles. The lowest BCUT2D eigenvalue weighted by Gasteiger charge is -2.35. The van der Waals surface area contributed by atoms with E-state index in [0.29, 0.717) is 6.10 Å². The second-order valence-corrected chi connectivity index (χ2v) is 9.77. The van der Waals surface area contributed by atoms with Gasteiger partial charge in [-0.2, -0.15) is 0 Å². The monoisotopic (exact) mass is 393 g/mol. The Kier molecular flexibility index (Phi) is 6.80. The molecule has 1 heterocycles. The van der Waals surface area contributed by atoms with Crippen LogP contribution in [0, 0.1) is 11.8 Å². The van der Waals surface area contributed by atoms with E-state index in [1.54, 1.807) is 0 Å². The van der Waals surface area contributed by atoms with Gasteiger partial charge in [0.15, 0.2) is 0 Å². The molecular weight excluding hydrogens is 354 g/mol. The predicted molar refractivity (Wildman–Crippen MR) is 124 cm³/mol. The largest absolute Gasteiger partial charge is 0.490 e. The average molecular weight is 394 g/mol. The summed E-state index contributed by atoms with van der Waals surface area (Å²) in [5.41, 5.74) is 1.44. The van der Waals surface area contributed by atoms with Gasteiger partial charge in [0, 0.05) is 12.6 Å². The zero-order valence-electron chi connectivity index (χ0n) is 18.7. The number of nitrogens with zero attached hydrogens (tertiary/aromatic N) is 1.